The van der Waals surface area contributed by atoms with E-state index in [1.165, 1.54) is 0 Å². The third-order valence-electron chi connectivity index (χ3n) is 6.44. The highest BCUT2D eigenvalue weighted by Crippen LogP contribution is 2.52. The minimum Gasteiger partial charge on any atom is -0.360 e. The molecule has 4 atom stereocenters. The van der Waals surface area contributed by atoms with Crippen LogP contribution in [0.3, 0.4) is 0 Å². The van der Waals surface area contributed by atoms with E-state index in [4.69, 9.17) is 4.74 Å². The molecular formula is C23H26N4O3. The van der Waals surface area contributed by atoms with Crippen molar-refractivity contribution in [3.8, 4) is 0 Å². The van der Waals surface area contributed by atoms with Gasteiger partial charge in [0, 0.05) is 25.5 Å². The first-order valence-corrected chi connectivity index (χ1v) is 10.3. The van der Waals surface area contributed by atoms with Crippen LogP contribution in [0.15, 0.2) is 42.6 Å². The van der Waals surface area contributed by atoms with E-state index in [9.17, 15) is 9.59 Å². The molecule has 7 nitrogen and oxygen atoms in total. The van der Waals surface area contributed by atoms with Crippen LogP contribution in [-0.2, 0) is 27.4 Å². The number of aromatic amines is 1. The van der Waals surface area contributed by atoms with Crippen LogP contribution < -0.4 is 0 Å². The second-order valence-corrected chi connectivity index (χ2v) is 8.79. The molecule has 0 unspecified atom stereocenters. The van der Waals surface area contributed by atoms with Crippen molar-refractivity contribution in [3.63, 3.8) is 0 Å². The molecule has 3 aliphatic rings. The van der Waals surface area contributed by atoms with Crippen molar-refractivity contribution in [1.82, 2.24) is 19.8 Å². The van der Waals surface area contributed by atoms with E-state index in [2.05, 4.69) is 16.0 Å². The Bertz CT molecular complexity index is 1040. The normalized spacial score (nSPS) is 29.0. The van der Waals surface area contributed by atoms with Crippen LogP contribution in [-0.4, -0.2) is 56.9 Å². The smallest absolute Gasteiger partial charge is 0.230 e. The number of carbonyl (C=O) groups is 2. The first-order valence-electron chi connectivity index (χ1n) is 10.3. The minimum atomic E-state index is -0.686. The Morgan fingerprint density at radius 3 is 2.97 bits per heavy atom. The van der Waals surface area contributed by atoms with Crippen LogP contribution in [0, 0.1) is 25.7 Å². The molecule has 0 radical (unpaired) electrons. The van der Waals surface area contributed by atoms with Crippen molar-refractivity contribution in [2.45, 2.75) is 38.6 Å². The van der Waals surface area contributed by atoms with Gasteiger partial charge in [0.2, 0.25) is 11.8 Å². The minimum absolute atomic E-state index is 0.00366. The molecule has 1 aromatic heterocycles. The van der Waals surface area contributed by atoms with Gasteiger partial charge in [-0.2, -0.15) is 0 Å². The number of H-pyrrole nitrogens is 1. The lowest BCUT2D eigenvalue weighted by atomic mass is 9.76. The van der Waals surface area contributed by atoms with Gasteiger partial charge in [-0.3, -0.25) is 9.59 Å². The molecule has 0 saturated carbocycles. The zero-order valence-electron chi connectivity index (χ0n) is 17.5. The fraction of sp³-hybridized carbons (Fsp3) is 0.435. The Morgan fingerprint density at radius 2 is 2.23 bits per heavy atom. The summed E-state index contributed by atoms with van der Waals surface area (Å²) in [5, 5.41) is 0. The van der Waals surface area contributed by atoms with Gasteiger partial charge in [-0.25, -0.2) is 4.98 Å². The topological polar surface area (TPSA) is 78.5 Å². The summed E-state index contributed by atoms with van der Waals surface area (Å²) in [7, 11) is 1.76. The zero-order valence-corrected chi connectivity index (χ0v) is 17.5. The number of imidazole rings is 1. The lowest BCUT2D eigenvalue weighted by molar-refractivity contribution is -0.143. The molecule has 7 heteroatoms. The number of aryl methyl sites for hydroxylation is 2. The maximum Gasteiger partial charge on any atom is 0.230 e. The van der Waals surface area contributed by atoms with Gasteiger partial charge in [0.25, 0.3) is 0 Å². The predicted molar refractivity (Wildman–Crippen MR) is 110 cm³/mol. The molecule has 3 aliphatic heterocycles. The van der Waals surface area contributed by atoms with Crippen LogP contribution in [0.1, 0.15) is 22.6 Å². The zero-order chi connectivity index (χ0) is 21.0. The van der Waals surface area contributed by atoms with Crippen molar-refractivity contribution in [1.29, 1.82) is 0 Å². The van der Waals surface area contributed by atoms with E-state index >= 15 is 0 Å². The number of benzene rings is 1. The first-order chi connectivity index (χ1) is 14.4. The number of amides is 2. The number of hydrogen-bond acceptors (Lipinski definition) is 4. The molecule has 2 amide bonds. The number of ether oxygens (including phenoxy) is 1. The predicted octanol–water partition coefficient (Wildman–Crippen LogP) is 1.97. The largest absolute Gasteiger partial charge is 0.360 e. The fourth-order valence-electron chi connectivity index (χ4n) is 5.13. The van der Waals surface area contributed by atoms with E-state index in [1.54, 1.807) is 18.1 Å². The number of fused-ring (bicyclic) bond motifs is 1. The molecule has 2 fully saturated rings. The summed E-state index contributed by atoms with van der Waals surface area (Å²) < 4.78 is 6.24. The molecule has 30 heavy (non-hydrogen) atoms. The van der Waals surface area contributed by atoms with E-state index in [-0.39, 0.29) is 17.9 Å². The number of rotatable bonds is 5. The fourth-order valence-corrected chi connectivity index (χ4v) is 5.13. The highest BCUT2D eigenvalue weighted by molar-refractivity contribution is 5.93. The summed E-state index contributed by atoms with van der Waals surface area (Å²) in [6.45, 7) is 5.36. The van der Waals surface area contributed by atoms with Crippen molar-refractivity contribution < 1.29 is 14.3 Å². The third kappa shape index (κ3) is 2.96. The molecule has 5 rings (SSSR count). The Kier molecular flexibility index (Phi) is 4.32. The van der Waals surface area contributed by atoms with Gasteiger partial charge < -0.3 is 19.5 Å². The molecule has 1 spiro atoms. The summed E-state index contributed by atoms with van der Waals surface area (Å²) in [6.07, 6.45) is 5.35. The Morgan fingerprint density at radius 1 is 1.40 bits per heavy atom. The molecule has 0 aliphatic carbocycles. The summed E-state index contributed by atoms with van der Waals surface area (Å²) in [5.41, 5.74) is 2.52. The molecule has 2 aromatic rings. The van der Waals surface area contributed by atoms with Crippen molar-refractivity contribution in [2.75, 3.05) is 13.6 Å². The molecule has 4 heterocycles. The maximum absolute atomic E-state index is 13.4. The molecule has 1 N–H and O–H groups in total. The summed E-state index contributed by atoms with van der Waals surface area (Å²) in [5.74, 6) is -0.298. The van der Waals surface area contributed by atoms with Gasteiger partial charge in [0.1, 0.15) is 11.4 Å². The highest BCUT2D eigenvalue weighted by Gasteiger charge is 2.67. The molecule has 2 saturated heterocycles. The van der Waals surface area contributed by atoms with Crippen LogP contribution in [0.4, 0.5) is 0 Å². The second-order valence-electron chi connectivity index (χ2n) is 8.79. The highest BCUT2D eigenvalue weighted by atomic mass is 16.5. The van der Waals surface area contributed by atoms with E-state index in [0.29, 0.717) is 19.6 Å². The molecule has 2 bridgehead atoms. The standard InChI is InChI=1S/C23H26N4O3/c1-14-5-4-6-16(9-14)11-27-13-23-8-7-17(30-23)19(20(23)22(27)29)21(28)26(3)12-18-24-10-15(2)25-18/h4-10,17,19-20H,11-13H2,1-3H3,(H,24,25)/t17-,19-,20+,23-/m0/s1. The monoisotopic (exact) mass is 406 g/mol. The van der Waals surface area contributed by atoms with Gasteiger partial charge in [0.15, 0.2) is 0 Å². The Balaban J connectivity index is 1.36. The van der Waals surface area contributed by atoms with Crippen molar-refractivity contribution in [3.05, 3.63) is 65.3 Å². The average Bonchev–Trinajstić information content (AvgIpc) is 3.44. The number of nitrogens with zero attached hydrogens (tertiary/aromatic N) is 3. The lowest BCUT2D eigenvalue weighted by Crippen LogP contribution is -2.44. The quantitative estimate of drug-likeness (QED) is 0.770. The first kappa shape index (κ1) is 19.1. The van der Waals surface area contributed by atoms with E-state index < -0.39 is 17.4 Å². The van der Waals surface area contributed by atoms with Crippen LogP contribution in [0.25, 0.3) is 0 Å². The summed E-state index contributed by atoms with van der Waals surface area (Å²) >= 11 is 0. The van der Waals surface area contributed by atoms with Gasteiger partial charge in [-0.1, -0.05) is 42.0 Å². The lowest BCUT2D eigenvalue weighted by Gasteiger charge is -2.27. The van der Waals surface area contributed by atoms with Gasteiger partial charge in [0.05, 0.1) is 31.0 Å². The van der Waals surface area contributed by atoms with E-state index in [1.807, 2.05) is 49.1 Å². The number of carbonyl (C=O) groups excluding carboxylic acids is 2. The SMILES string of the molecule is Cc1cccc(CN2C[C@]34C=C[C@H](O3)[C@H](C(=O)N(C)Cc3ncc(C)[nH]3)[C@@H]4C2=O)c1. The molecular weight excluding hydrogens is 380 g/mol. The average molecular weight is 406 g/mol. The van der Waals surface area contributed by atoms with Gasteiger partial charge in [-0.05, 0) is 19.4 Å². The van der Waals surface area contributed by atoms with Gasteiger partial charge in [-0.15, -0.1) is 0 Å². The third-order valence-corrected chi connectivity index (χ3v) is 6.44. The number of likely N-dealkylation sites (tertiary alicyclic amines) is 1. The van der Waals surface area contributed by atoms with Crippen molar-refractivity contribution >= 4 is 11.8 Å². The summed E-state index contributed by atoms with van der Waals surface area (Å²) in [4.78, 5) is 37.6. The second kappa shape index (κ2) is 6.80. The Hall–Kier alpha value is -2.93. The van der Waals surface area contributed by atoms with Gasteiger partial charge >= 0.3 is 0 Å². The molecule has 156 valence electrons. The van der Waals surface area contributed by atoms with Crippen LogP contribution in [0.5, 0.6) is 0 Å². The number of aromatic nitrogens is 2. The van der Waals surface area contributed by atoms with Crippen LogP contribution in [0.2, 0.25) is 0 Å². The van der Waals surface area contributed by atoms with Crippen LogP contribution >= 0.6 is 0 Å². The Labute approximate surface area is 175 Å². The number of hydrogen-bond donors (Lipinski definition) is 1. The van der Waals surface area contributed by atoms with E-state index in [0.717, 1.165) is 22.6 Å². The van der Waals surface area contributed by atoms with Crippen molar-refractivity contribution in [2.24, 2.45) is 11.8 Å². The maximum atomic E-state index is 13.4. The molecule has 1 aromatic carbocycles. The summed E-state index contributed by atoms with van der Waals surface area (Å²) in [6, 6.07) is 8.17. The number of nitrogens with one attached hydrogen (secondary N) is 1.